The minimum absolute atomic E-state index is 0.175. The molecule has 0 aliphatic heterocycles. The van der Waals surface area contributed by atoms with E-state index in [1.54, 1.807) is 0 Å². The van der Waals surface area contributed by atoms with E-state index in [-0.39, 0.29) is 11.6 Å². The molecule has 0 radical (unpaired) electrons. The highest BCUT2D eigenvalue weighted by atomic mass is 16.3. The van der Waals surface area contributed by atoms with Gasteiger partial charge in [-0.15, -0.1) is 0 Å². The van der Waals surface area contributed by atoms with Crippen LogP contribution in [-0.4, -0.2) is 21.0 Å². The number of nitrogens with two attached hydrogens (primary N) is 1. The second-order valence-electron chi connectivity index (χ2n) is 4.72. The lowest BCUT2D eigenvalue weighted by atomic mass is 9.78. The summed E-state index contributed by atoms with van der Waals surface area (Å²) >= 11 is 0. The first-order chi connectivity index (χ1) is 7.01. The van der Waals surface area contributed by atoms with Gasteiger partial charge in [0.1, 0.15) is 0 Å². The SMILES string of the molecule is Cc1cn(C)nc1C1(N)CCC(O)CC1. The van der Waals surface area contributed by atoms with Gasteiger partial charge in [-0.1, -0.05) is 0 Å². The van der Waals surface area contributed by atoms with Crippen LogP contribution in [0.3, 0.4) is 0 Å². The summed E-state index contributed by atoms with van der Waals surface area (Å²) in [6.07, 6.45) is 5.04. The van der Waals surface area contributed by atoms with Gasteiger partial charge in [0.15, 0.2) is 0 Å². The zero-order chi connectivity index (χ0) is 11.1. The molecule has 4 nitrogen and oxygen atoms in total. The molecule has 84 valence electrons. The molecule has 1 fully saturated rings. The quantitative estimate of drug-likeness (QED) is 0.719. The molecule has 15 heavy (non-hydrogen) atoms. The molecule has 0 unspecified atom stereocenters. The van der Waals surface area contributed by atoms with E-state index in [4.69, 9.17) is 5.73 Å². The van der Waals surface area contributed by atoms with Crippen LogP contribution < -0.4 is 5.73 Å². The largest absolute Gasteiger partial charge is 0.393 e. The zero-order valence-electron chi connectivity index (χ0n) is 9.40. The first-order valence-corrected chi connectivity index (χ1v) is 5.49. The van der Waals surface area contributed by atoms with Gasteiger partial charge in [-0.05, 0) is 38.2 Å². The first kappa shape index (κ1) is 10.6. The Morgan fingerprint density at radius 1 is 1.53 bits per heavy atom. The third kappa shape index (κ3) is 1.92. The summed E-state index contributed by atoms with van der Waals surface area (Å²) < 4.78 is 1.81. The van der Waals surface area contributed by atoms with E-state index in [0.29, 0.717) is 0 Å². The predicted molar refractivity (Wildman–Crippen MR) is 58.3 cm³/mol. The van der Waals surface area contributed by atoms with Gasteiger partial charge in [-0.25, -0.2) is 0 Å². The van der Waals surface area contributed by atoms with Gasteiger partial charge in [0.2, 0.25) is 0 Å². The molecule has 0 aromatic carbocycles. The summed E-state index contributed by atoms with van der Waals surface area (Å²) in [5.41, 5.74) is 8.19. The van der Waals surface area contributed by atoms with E-state index in [1.165, 1.54) is 0 Å². The van der Waals surface area contributed by atoms with Crippen LogP contribution in [0.4, 0.5) is 0 Å². The molecule has 1 aromatic heterocycles. The summed E-state index contributed by atoms with van der Waals surface area (Å²) in [7, 11) is 1.91. The lowest BCUT2D eigenvalue weighted by molar-refractivity contribution is 0.0952. The van der Waals surface area contributed by atoms with E-state index in [0.717, 1.165) is 36.9 Å². The number of aryl methyl sites for hydroxylation is 2. The number of aliphatic hydroxyl groups is 1. The molecular weight excluding hydrogens is 190 g/mol. The fourth-order valence-electron chi connectivity index (χ4n) is 2.45. The minimum Gasteiger partial charge on any atom is -0.393 e. The van der Waals surface area contributed by atoms with Crippen LogP contribution in [0.25, 0.3) is 0 Å². The molecular formula is C11H19N3O. The van der Waals surface area contributed by atoms with E-state index < -0.39 is 0 Å². The number of aliphatic hydroxyl groups excluding tert-OH is 1. The van der Waals surface area contributed by atoms with Crippen LogP contribution in [0.2, 0.25) is 0 Å². The van der Waals surface area contributed by atoms with Crippen molar-refractivity contribution in [3.05, 3.63) is 17.5 Å². The second kappa shape index (κ2) is 3.61. The number of hydrogen-bond acceptors (Lipinski definition) is 3. The minimum atomic E-state index is -0.329. The van der Waals surface area contributed by atoms with Crippen molar-refractivity contribution in [3.63, 3.8) is 0 Å². The standard InChI is InChI=1S/C11H19N3O/c1-8-7-14(2)13-10(8)11(12)5-3-9(15)4-6-11/h7,9,15H,3-6,12H2,1-2H3. The highest BCUT2D eigenvalue weighted by Gasteiger charge is 2.35. The Balaban J connectivity index is 2.25. The smallest absolute Gasteiger partial charge is 0.0852 e. The fourth-order valence-corrected chi connectivity index (χ4v) is 2.45. The molecule has 1 aliphatic rings. The first-order valence-electron chi connectivity index (χ1n) is 5.49. The molecule has 0 saturated heterocycles. The maximum Gasteiger partial charge on any atom is 0.0852 e. The Bertz CT molecular complexity index is 351. The van der Waals surface area contributed by atoms with Crippen molar-refractivity contribution in [1.29, 1.82) is 0 Å². The molecule has 1 aromatic rings. The van der Waals surface area contributed by atoms with Crippen LogP contribution in [-0.2, 0) is 12.6 Å². The number of aromatic nitrogens is 2. The highest BCUT2D eigenvalue weighted by Crippen LogP contribution is 2.35. The van der Waals surface area contributed by atoms with E-state index in [1.807, 2.05) is 24.9 Å². The van der Waals surface area contributed by atoms with Gasteiger partial charge in [-0.2, -0.15) is 5.10 Å². The number of nitrogens with zero attached hydrogens (tertiary/aromatic N) is 2. The molecule has 1 saturated carbocycles. The number of rotatable bonds is 1. The van der Waals surface area contributed by atoms with Crippen molar-refractivity contribution >= 4 is 0 Å². The van der Waals surface area contributed by atoms with Gasteiger partial charge >= 0.3 is 0 Å². The fraction of sp³-hybridized carbons (Fsp3) is 0.727. The molecule has 1 aliphatic carbocycles. The van der Waals surface area contributed by atoms with Gasteiger partial charge in [-0.3, -0.25) is 4.68 Å². The van der Waals surface area contributed by atoms with Crippen molar-refractivity contribution < 1.29 is 5.11 Å². The van der Waals surface area contributed by atoms with Crippen LogP contribution in [0, 0.1) is 6.92 Å². The predicted octanol–water partition coefficient (Wildman–Crippen LogP) is 0.817. The summed E-state index contributed by atoms with van der Waals surface area (Å²) in [4.78, 5) is 0. The second-order valence-corrected chi connectivity index (χ2v) is 4.72. The van der Waals surface area contributed by atoms with Crippen molar-refractivity contribution in [2.45, 2.75) is 44.2 Å². The molecule has 2 rings (SSSR count). The van der Waals surface area contributed by atoms with Crippen LogP contribution in [0.15, 0.2) is 6.20 Å². The Morgan fingerprint density at radius 2 is 2.13 bits per heavy atom. The normalized spacial score (nSPS) is 31.9. The van der Waals surface area contributed by atoms with Crippen LogP contribution >= 0.6 is 0 Å². The molecule has 0 atom stereocenters. The van der Waals surface area contributed by atoms with Crippen molar-refractivity contribution in [2.75, 3.05) is 0 Å². The van der Waals surface area contributed by atoms with E-state index in [2.05, 4.69) is 5.10 Å². The van der Waals surface area contributed by atoms with E-state index in [9.17, 15) is 5.11 Å². The van der Waals surface area contributed by atoms with Crippen molar-refractivity contribution in [1.82, 2.24) is 9.78 Å². The Morgan fingerprint density at radius 3 is 2.60 bits per heavy atom. The molecule has 1 heterocycles. The third-order valence-corrected chi connectivity index (χ3v) is 3.33. The van der Waals surface area contributed by atoms with Gasteiger partial charge in [0.05, 0.1) is 17.3 Å². The Hall–Kier alpha value is -0.870. The maximum absolute atomic E-state index is 9.48. The molecule has 0 spiro atoms. The summed E-state index contributed by atoms with van der Waals surface area (Å²) in [6, 6.07) is 0. The monoisotopic (exact) mass is 209 g/mol. The van der Waals surface area contributed by atoms with Crippen LogP contribution in [0.5, 0.6) is 0 Å². The molecule has 0 amide bonds. The number of hydrogen-bond donors (Lipinski definition) is 2. The lowest BCUT2D eigenvalue weighted by Crippen LogP contribution is -2.42. The Kier molecular flexibility index (Phi) is 2.56. The van der Waals surface area contributed by atoms with Gasteiger partial charge < -0.3 is 10.8 Å². The van der Waals surface area contributed by atoms with Crippen molar-refractivity contribution in [2.24, 2.45) is 12.8 Å². The summed E-state index contributed by atoms with van der Waals surface area (Å²) in [6.45, 7) is 2.04. The zero-order valence-corrected chi connectivity index (χ0v) is 9.40. The molecule has 3 N–H and O–H groups in total. The Labute approximate surface area is 90.1 Å². The van der Waals surface area contributed by atoms with Gasteiger partial charge in [0.25, 0.3) is 0 Å². The van der Waals surface area contributed by atoms with E-state index >= 15 is 0 Å². The summed E-state index contributed by atoms with van der Waals surface area (Å²) in [5, 5.41) is 13.9. The lowest BCUT2D eigenvalue weighted by Gasteiger charge is -2.34. The maximum atomic E-state index is 9.48. The van der Waals surface area contributed by atoms with Gasteiger partial charge in [0, 0.05) is 13.2 Å². The third-order valence-electron chi connectivity index (χ3n) is 3.33. The topological polar surface area (TPSA) is 64.1 Å². The molecule has 4 heteroatoms. The summed E-state index contributed by atoms with van der Waals surface area (Å²) in [5.74, 6) is 0. The van der Waals surface area contributed by atoms with Crippen LogP contribution in [0.1, 0.15) is 36.9 Å². The highest BCUT2D eigenvalue weighted by molar-refractivity contribution is 5.24. The molecule has 0 bridgehead atoms. The average molecular weight is 209 g/mol. The average Bonchev–Trinajstić information content (AvgIpc) is 2.52. The van der Waals surface area contributed by atoms with Crippen molar-refractivity contribution in [3.8, 4) is 0 Å².